The van der Waals surface area contributed by atoms with Crippen LogP contribution in [0.15, 0.2) is 33.7 Å². The first-order chi connectivity index (χ1) is 12.7. The summed E-state index contributed by atoms with van der Waals surface area (Å²) < 4.78 is 5.43. The van der Waals surface area contributed by atoms with Gasteiger partial charge < -0.3 is 9.42 Å². The lowest BCUT2D eigenvalue weighted by atomic mass is 9.94. The molecule has 1 aliphatic heterocycles. The summed E-state index contributed by atoms with van der Waals surface area (Å²) in [7, 11) is 0. The highest BCUT2D eigenvalue weighted by Gasteiger charge is 2.30. The number of carbonyl (C=O) groups excluding carboxylic acids is 1. The number of hydrogen-bond donors (Lipinski definition) is 0. The van der Waals surface area contributed by atoms with Crippen molar-refractivity contribution in [3.63, 3.8) is 0 Å². The van der Waals surface area contributed by atoms with Crippen LogP contribution in [-0.2, 0) is 6.42 Å². The molecule has 138 valence electrons. The maximum Gasteiger partial charge on any atom is 0.254 e. The topological polar surface area (TPSA) is 59.2 Å². The van der Waals surface area contributed by atoms with Crippen molar-refractivity contribution in [2.24, 2.45) is 5.92 Å². The molecule has 2 aromatic rings. The van der Waals surface area contributed by atoms with E-state index >= 15 is 0 Å². The van der Waals surface area contributed by atoms with E-state index in [4.69, 9.17) is 4.52 Å². The highest BCUT2D eigenvalue weighted by Crippen LogP contribution is 2.38. The molecular weight excluding hydrogens is 346 g/mol. The molecule has 1 atom stereocenters. The molecule has 1 aromatic heterocycles. The van der Waals surface area contributed by atoms with E-state index in [1.54, 1.807) is 11.8 Å². The van der Waals surface area contributed by atoms with Gasteiger partial charge in [0.2, 0.25) is 5.89 Å². The Kier molecular flexibility index (Phi) is 5.29. The molecule has 1 unspecified atom stereocenters. The number of likely N-dealkylation sites (tertiary alicyclic amines) is 1. The van der Waals surface area contributed by atoms with E-state index in [-0.39, 0.29) is 5.91 Å². The molecule has 5 nitrogen and oxygen atoms in total. The van der Waals surface area contributed by atoms with E-state index in [1.165, 1.54) is 12.8 Å². The van der Waals surface area contributed by atoms with Crippen LogP contribution < -0.4 is 0 Å². The Hall–Kier alpha value is -1.82. The van der Waals surface area contributed by atoms with Crippen LogP contribution in [0.4, 0.5) is 0 Å². The highest BCUT2D eigenvalue weighted by atomic mass is 32.2. The van der Waals surface area contributed by atoms with E-state index in [0.29, 0.717) is 11.8 Å². The summed E-state index contributed by atoms with van der Waals surface area (Å²) in [6, 6.07) is 7.94. The molecule has 1 saturated carbocycles. The van der Waals surface area contributed by atoms with Crippen molar-refractivity contribution in [1.82, 2.24) is 15.0 Å². The molecule has 2 fully saturated rings. The number of hydrogen-bond acceptors (Lipinski definition) is 5. The molecule has 1 amide bonds. The fraction of sp³-hybridized carbons (Fsp3) is 0.550. The van der Waals surface area contributed by atoms with Gasteiger partial charge in [-0.2, -0.15) is 4.98 Å². The Morgan fingerprint density at radius 1 is 1.31 bits per heavy atom. The zero-order chi connectivity index (χ0) is 17.9. The Morgan fingerprint density at radius 3 is 2.96 bits per heavy atom. The number of benzene rings is 1. The van der Waals surface area contributed by atoms with Gasteiger partial charge in [0.15, 0.2) is 5.82 Å². The molecule has 26 heavy (non-hydrogen) atoms. The van der Waals surface area contributed by atoms with Gasteiger partial charge in [0.05, 0.1) is 5.56 Å². The molecule has 2 heterocycles. The Bertz CT molecular complexity index is 772. The SMILES string of the molecule is CCSc1ccccc1C(=O)N1CCCC(Cc2nc(C3CC3)no2)C1. The minimum atomic E-state index is 0.149. The van der Waals surface area contributed by atoms with Crippen LogP contribution >= 0.6 is 11.8 Å². The number of amides is 1. The van der Waals surface area contributed by atoms with Crippen LogP contribution in [-0.4, -0.2) is 39.8 Å². The Balaban J connectivity index is 1.41. The van der Waals surface area contributed by atoms with E-state index in [1.807, 2.05) is 29.2 Å². The summed E-state index contributed by atoms with van der Waals surface area (Å²) in [6.45, 7) is 3.71. The number of rotatable bonds is 6. The molecule has 1 saturated heterocycles. The predicted molar refractivity (Wildman–Crippen MR) is 101 cm³/mol. The molecule has 0 N–H and O–H groups in total. The quantitative estimate of drug-likeness (QED) is 0.714. The van der Waals surface area contributed by atoms with Crippen molar-refractivity contribution in [3.8, 4) is 0 Å². The first-order valence-corrected chi connectivity index (χ1v) is 10.6. The summed E-state index contributed by atoms with van der Waals surface area (Å²) in [4.78, 5) is 20.7. The third kappa shape index (κ3) is 3.95. The number of thioether (sulfide) groups is 1. The maximum absolute atomic E-state index is 13.1. The minimum absolute atomic E-state index is 0.149. The maximum atomic E-state index is 13.1. The normalized spacial score (nSPS) is 20.3. The van der Waals surface area contributed by atoms with Gasteiger partial charge in [-0.15, -0.1) is 11.8 Å². The average molecular weight is 372 g/mol. The summed E-state index contributed by atoms with van der Waals surface area (Å²) in [6.07, 6.45) is 5.27. The second-order valence-electron chi connectivity index (χ2n) is 7.21. The second-order valence-corrected chi connectivity index (χ2v) is 8.52. The van der Waals surface area contributed by atoms with Crippen molar-refractivity contribution in [1.29, 1.82) is 0 Å². The minimum Gasteiger partial charge on any atom is -0.339 e. The van der Waals surface area contributed by atoms with Gasteiger partial charge >= 0.3 is 0 Å². The van der Waals surface area contributed by atoms with Crippen LogP contribution in [0.25, 0.3) is 0 Å². The van der Waals surface area contributed by atoms with Crippen molar-refractivity contribution in [2.45, 2.75) is 49.8 Å². The van der Waals surface area contributed by atoms with Crippen molar-refractivity contribution in [3.05, 3.63) is 41.5 Å². The lowest BCUT2D eigenvalue weighted by molar-refractivity contribution is 0.0664. The molecule has 4 rings (SSSR count). The second kappa shape index (κ2) is 7.82. The fourth-order valence-electron chi connectivity index (χ4n) is 3.62. The number of nitrogens with zero attached hydrogens (tertiary/aromatic N) is 3. The van der Waals surface area contributed by atoms with E-state index < -0.39 is 0 Å². The highest BCUT2D eigenvalue weighted by molar-refractivity contribution is 7.99. The van der Waals surface area contributed by atoms with E-state index in [2.05, 4.69) is 17.1 Å². The zero-order valence-electron chi connectivity index (χ0n) is 15.2. The fourth-order valence-corrected chi connectivity index (χ4v) is 4.41. The number of carbonyl (C=O) groups is 1. The van der Waals surface area contributed by atoms with E-state index in [9.17, 15) is 4.79 Å². The summed E-state index contributed by atoms with van der Waals surface area (Å²) in [5.74, 6) is 3.63. The average Bonchev–Trinajstić information content (AvgIpc) is 3.42. The first-order valence-electron chi connectivity index (χ1n) is 9.58. The van der Waals surface area contributed by atoms with Gasteiger partial charge in [-0.25, -0.2) is 0 Å². The third-order valence-electron chi connectivity index (χ3n) is 5.11. The molecule has 0 spiro atoms. The van der Waals surface area contributed by atoms with Crippen LogP contribution in [0.5, 0.6) is 0 Å². The predicted octanol–water partition coefficient (Wildman–Crippen LogP) is 4.15. The van der Waals surface area contributed by atoms with Gasteiger partial charge in [0.1, 0.15) is 0 Å². The molecule has 0 bridgehead atoms. The molecule has 1 aromatic carbocycles. The lowest BCUT2D eigenvalue weighted by Gasteiger charge is -2.32. The smallest absolute Gasteiger partial charge is 0.254 e. The van der Waals surface area contributed by atoms with Gasteiger partial charge in [0, 0.05) is 30.3 Å². The lowest BCUT2D eigenvalue weighted by Crippen LogP contribution is -2.40. The van der Waals surface area contributed by atoms with Crippen molar-refractivity contribution >= 4 is 17.7 Å². The summed E-state index contributed by atoms with van der Waals surface area (Å²) >= 11 is 1.73. The summed E-state index contributed by atoms with van der Waals surface area (Å²) in [5.41, 5.74) is 0.828. The van der Waals surface area contributed by atoms with Crippen LogP contribution in [0.3, 0.4) is 0 Å². The molecule has 6 heteroatoms. The molecule has 1 aliphatic carbocycles. The number of piperidine rings is 1. The van der Waals surface area contributed by atoms with Gasteiger partial charge in [-0.05, 0) is 49.5 Å². The molecular formula is C20H25N3O2S. The first kappa shape index (κ1) is 17.6. The number of aromatic nitrogens is 2. The molecule has 2 aliphatic rings. The Morgan fingerprint density at radius 2 is 2.15 bits per heavy atom. The third-order valence-corrected chi connectivity index (χ3v) is 6.07. The monoisotopic (exact) mass is 371 g/mol. The van der Waals surface area contributed by atoms with Crippen LogP contribution in [0.2, 0.25) is 0 Å². The van der Waals surface area contributed by atoms with Crippen molar-refractivity contribution in [2.75, 3.05) is 18.8 Å². The van der Waals surface area contributed by atoms with Crippen LogP contribution in [0, 0.1) is 5.92 Å². The van der Waals surface area contributed by atoms with Gasteiger partial charge in [-0.3, -0.25) is 4.79 Å². The summed E-state index contributed by atoms with van der Waals surface area (Å²) in [5, 5.41) is 4.11. The largest absolute Gasteiger partial charge is 0.339 e. The zero-order valence-corrected chi connectivity index (χ0v) is 16.0. The van der Waals surface area contributed by atoms with Crippen molar-refractivity contribution < 1.29 is 9.32 Å². The van der Waals surface area contributed by atoms with E-state index in [0.717, 1.165) is 60.3 Å². The van der Waals surface area contributed by atoms with Crippen LogP contribution in [0.1, 0.15) is 60.6 Å². The molecule has 0 radical (unpaired) electrons. The standard InChI is InChI=1S/C20H25N3O2S/c1-2-26-17-8-4-3-7-16(17)20(24)23-11-5-6-14(13-23)12-18-21-19(22-25-18)15-9-10-15/h3-4,7-8,14-15H,2,5-6,9-13H2,1H3. The van der Waals surface area contributed by atoms with Gasteiger partial charge in [0.25, 0.3) is 5.91 Å². The van der Waals surface area contributed by atoms with Gasteiger partial charge in [-0.1, -0.05) is 24.2 Å². The Labute approximate surface area is 158 Å².